The summed E-state index contributed by atoms with van der Waals surface area (Å²) in [6.07, 6.45) is 0.711. The molecule has 0 saturated carbocycles. The first-order chi connectivity index (χ1) is 13.6. The lowest BCUT2D eigenvalue weighted by atomic mass is 10.0. The average molecular weight is 388 g/mol. The van der Waals surface area contributed by atoms with Gasteiger partial charge in [0, 0.05) is 7.05 Å². The molecule has 140 valence electrons. The lowest BCUT2D eigenvalue weighted by molar-refractivity contribution is 0.0782. The van der Waals surface area contributed by atoms with Gasteiger partial charge in [0.05, 0.1) is 22.3 Å². The Kier molecular flexibility index (Phi) is 5.08. The summed E-state index contributed by atoms with van der Waals surface area (Å²) in [6, 6.07) is 23.2. The number of fused-ring (bicyclic) bond motifs is 1. The fourth-order valence-electron chi connectivity index (χ4n) is 3.16. The SMILES string of the molecule is CN(Cc1nc2ccccc2s1)C(=O)c1cc(Cc2ccccc2)ccc1O. The second-order valence-corrected chi connectivity index (χ2v) is 7.87. The van der Waals surface area contributed by atoms with Crippen LogP contribution in [-0.4, -0.2) is 27.9 Å². The normalized spacial score (nSPS) is 10.9. The van der Waals surface area contributed by atoms with Crippen LogP contribution >= 0.6 is 11.3 Å². The van der Waals surface area contributed by atoms with Gasteiger partial charge in [0.25, 0.3) is 5.91 Å². The molecule has 1 N–H and O–H groups in total. The van der Waals surface area contributed by atoms with Crippen LogP contribution in [-0.2, 0) is 13.0 Å². The van der Waals surface area contributed by atoms with E-state index < -0.39 is 0 Å². The number of para-hydroxylation sites is 1. The molecule has 0 saturated heterocycles. The number of phenolic OH excluding ortho intramolecular Hbond substituents is 1. The summed E-state index contributed by atoms with van der Waals surface area (Å²) in [5, 5.41) is 11.1. The lowest BCUT2D eigenvalue weighted by Crippen LogP contribution is -2.26. The third kappa shape index (κ3) is 3.89. The topological polar surface area (TPSA) is 53.4 Å². The summed E-state index contributed by atoms with van der Waals surface area (Å²) in [6.45, 7) is 0.403. The molecule has 0 fully saturated rings. The van der Waals surface area contributed by atoms with Gasteiger partial charge in [-0.15, -0.1) is 11.3 Å². The van der Waals surface area contributed by atoms with Crippen molar-refractivity contribution in [2.45, 2.75) is 13.0 Å². The van der Waals surface area contributed by atoms with Crippen molar-refractivity contribution in [3.8, 4) is 5.75 Å². The first kappa shape index (κ1) is 18.2. The van der Waals surface area contributed by atoms with Crippen molar-refractivity contribution in [2.75, 3.05) is 7.05 Å². The van der Waals surface area contributed by atoms with Crippen LogP contribution in [0.25, 0.3) is 10.2 Å². The highest BCUT2D eigenvalue weighted by molar-refractivity contribution is 7.18. The van der Waals surface area contributed by atoms with Gasteiger partial charge < -0.3 is 10.0 Å². The number of benzene rings is 3. The van der Waals surface area contributed by atoms with Gasteiger partial charge in [-0.2, -0.15) is 0 Å². The number of hydrogen-bond donors (Lipinski definition) is 1. The lowest BCUT2D eigenvalue weighted by Gasteiger charge is -2.17. The highest BCUT2D eigenvalue weighted by Crippen LogP contribution is 2.25. The predicted octanol–water partition coefficient (Wildman–Crippen LogP) is 4.86. The van der Waals surface area contributed by atoms with Gasteiger partial charge in [-0.1, -0.05) is 48.5 Å². The van der Waals surface area contributed by atoms with E-state index in [1.807, 2.05) is 60.7 Å². The monoisotopic (exact) mass is 388 g/mol. The van der Waals surface area contributed by atoms with Crippen LogP contribution in [0.15, 0.2) is 72.8 Å². The molecular weight excluding hydrogens is 368 g/mol. The molecule has 0 aliphatic carbocycles. The first-order valence-corrected chi connectivity index (χ1v) is 9.87. The molecule has 5 heteroatoms. The summed E-state index contributed by atoms with van der Waals surface area (Å²) in [5.41, 5.74) is 3.41. The Balaban J connectivity index is 1.53. The number of rotatable bonds is 5. The Morgan fingerprint density at radius 1 is 1.00 bits per heavy atom. The van der Waals surface area contributed by atoms with Crippen LogP contribution in [0.1, 0.15) is 26.5 Å². The molecule has 1 aromatic heterocycles. The van der Waals surface area contributed by atoms with Gasteiger partial charge in [-0.05, 0) is 41.8 Å². The molecule has 0 radical (unpaired) electrons. The molecule has 4 rings (SSSR count). The molecule has 0 aliphatic rings. The minimum Gasteiger partial charge on any atom is -0.507 e. The minimum absolute atomic E-state index is 0.00189. The molecule has 3 aromatic carbocycles. The van der Waals surface area contributed by atoms with E-state index in [1.54, 1.807) is 35.4 Å². The van der Waals surface area contributed by atoms with Crippen molar-refractivity contribution in [1.82, 2.24) is 9.88 Å². The summed E-state index contributed by atoms with van der Waals surface area (Å²) in [5.74, 6) is -0.218. The average Bonchev–Trinajstić information content (AvgIpc) is 3.12. The molecule has 0 spiro atoms. The second kappa shape index (κ2) is 7.82. The predicted molar refractivity (Wildman–Crippen MR) is 113 cm³/mol. The van der Waals surface area contributed by atoms with Gasteiger partial charge in [-0.25, -0.2) is 4.98 Å². The van der Waals surface area contributed by atoms with Crippen LogP contribution in [0.4, 0.5) is 0 Å². The number of carbonyl (C=O) groups is 1. The Bertz CT molecular complexity index is 1090. The van der Waals surface area contributed by atoms with E-state index in [1.165, 1.54) is 0 Å². The molecule has 0 unspecified atom stereocenters. The van der Waals surface area contributed by atoms with Crippen molar-refractivity contribution < 1.29 is 9.90 Å². The third-order valence-corrected chi connectivity index (χ3v) is 5.62. The number of aromatic hydroxyl groups is 1. The molecule has 0 atom stereocenters. The number of carbonyl (C=O) groups excluding carboxylic acids is 1. The highest BCUT2D eigenvalue weighted by Gasteiger charge is 2.18. The largest absolute Gasteiger partial charge is 0.507 e. The number of thiazole rings is 1. The van der Waals surface area contributed by atoms with E-state index in [0.29, 0.717) is 18.5 Å². The number of hydrogen-bond acceptors (Lipinski definition) is 4. The number of aromatic nitrogens is 1. The Morgan fingerprint density at radius 3 is 2.54 bits per heavy atom. The van der Waals surface area contributed by atoms with E-state index in [2.05, 4.69) is 4.98 Å². The second-order valence-electron chi connectivity index (χ2n) is 6.75. The molecule has 4 aromatic rings. The standard InChI is InChI=1S/C23H20N2O2S/c1-25(15-22-24-19-9-5-6-10-21(19)28-22)23(27)18-14-17(11-12-20(18)26)13-16-7-3-2-4-8-16/h2-12,14,26H,13,15H2,1H3. The molecule has 1 heterocycles. The fraction of sp³-hybridized carbons (Fsp3) is 0.130. The Hall–Kier alpha value is -3.18. The molecular formula is C23H20N2O2S. The van der Waals surface area contributed by atoms with Crippen molar-refractivity contribution >= 4 is 27.5 Å². The van der Waals surface area contributed by atoms with Crippen LogP contribution in [0, 0.1) is 0 Å². The smallest absolute Gasteiger partial charge is 0.257 e. The maximum atomic E-state index is 12.9. The summed E-state index contributed by atoms with van der Waals surface area (Å²) >= 11 is 1.58. The highest BCUT2D eigenvalue weighted by atomic mass is 32.1. The van der Waals surface area contributed by atoms with Crippen LogP contribution in [0.3, 0.4) is 0 Å². The first-order valence-electron chi connectivity index (χ1n) is 9.06. The molecule has 0 aliphatic heterocycles. The van der Waals surface area contributed by atoms with Gasteiger partial charge in [0.1, 0.15) is 10.8 Å². The minimum atomic E-state index is -0.216. The maximum absolute atomic E-state index is 12.9. The Labute approximate surface area is 167 Å². The van der Waals surface area contributed by atoms with E-state index in [9.17, 15) is 9.90 Å². The maximum Gasteiger partial charge on any atom is 0.257 e. The fourth-order valence-corrected chi connectivity index (χ4v) is 4.18. The van der Waals surface area contributed by atoms with Crippen LogP contribution in [0.5, 0.6) is 5.75 Å². The van der Waals surface area contributed by atoms with Crippen LogP contribution < -0.4 is 0 Å². The molecule has 4 nitrogen and oxygen atoms in total. The molecule has 1 amide bonds. The zero-order chi connectivity index (χ0) is 19.5. The van der Waals surface area contributed by atoms with Crippen molar-refractivity contribution in [3.05, 3.63) is 94.5 Å². The van der Waals surface area contributed by atoms with E-state index in [4.69, 9.17) is 0 Å². The van der Waals surface area contributed by atoms with Crippen LogP contribution in [0.2, 0.25) is 0 Å². The molecule has 28 heavy (non-hydrogen) atoms. The van der Waals surface area contributed by atoms with Gasteiger partial charge in [0.2, 0.25) is 0 Å². The quantitative estimate of drug-likeness (QED) is 0.531. The summed E-state index contributed by atoms with van der Waals surface area (Å²) < 4.78 is 1.10. The van der Waals surface area contributed by atoms with E-state index in [0.717, 1.165) is 26.4 Å². The summed E-state index contributed by atoms with van der Waals surface area (Å²) in [4.78, 5) is 19.1. The van der Waals surface area contributed by atoms with Gasteiger partial charge in [0.15, 0.2) is 0 Å². The van der Waals surface area contributed by atoms with E-state index >= 15 is 0 Å². The number of phenols is 1. The Morgan fingerprint density at radius 2 is 1.75 bits per heavy atom. The third-order valence-electron chi connectivity index (χ3n) is 4.60. The number of amides is 1. The number of nitrogens with zero attached hydrogens (tertiary/aromatic N) is 2. The molecule has 0 bridgehead atoms. The van der Waals surface area contributed by atoms with Crippen molar-refractivity contribution in [1.29, 1.82) is 0 Å². The van der Waals surface area contributed by atoms with E-state index in [-0.39, 0.29) is 11.7 Å². The van der Waals surface area contributed by atoms with Gasteiger partial charge in [-0.3, -0.25) is 4.79 Å². The van der Waals surface area contributed by atoms with Crippen molar-refractivity contribution in [2.24, 2.45) is 0 Å². The van der Waals surface area contributed by atoms with Gasteiger partial charge >= 0.3 is 0 Å². The zero-order valence-corrected chi connectivity index (χ0v) is 16.3. The van der Waals surface area contributed by atoms with Crippen molar-refractivity contribution in [3.63, 3.8) is 0 Å². The zero-order valence-electron chi connectivity index (χ0n) is 15.5. The summed E-state index contributed by atoms with van der Waals surface area (Å²) in [7, 11) is 1.73.